The van der Waals surface area contributed by atoms with Crippen LogP contribution in [0.25, 0.3) is 5.57 Å². The van der Waals surface area contributed by atoms with Gasteiger partial charge in [-0.25, -0.2) is 8.78 Å². The second kappa shape index (κ2) is 11.4. The van der Waals surface area contributed by atoms with Crippen LogP contribution in [0.5, 0.6) is 0 Å². The van der Waals surface area contributed by atoms with Crippen LogP contribution in [0.15, 0.2) is 53.2 Å². The molecule has 40 heavy (non-hydrogen) atoms. The third-order valence-electron chi connectivity index (χ3n) is 6.94. The molecule has 0 bridgehead atoms. The average Bonchev–Trinajstić information content (AvgIpc) is 3.27. The topological polar surface area (TPSA) is 71.3 Å². The zero-order chi connectivity index (χ0) is 28.4. The monoisotopic (exact) mass is 577 g/mol. The van der Waals surface area contributed by atoms with Crippen LogP contribution in [-0.4, -0.2) is 34.6 Å². The molecule has 0 spiro atoms. The minimum Gasteiger partial charge on any atom is -0.348 e. The van der Waals surface area contributed by atoms with E-state index in [2.05, 4.69) is 20.7 Å². The van der Waals surface area contributed by atoms with Gasteiger partial charge in [0.05, 0.1) is 18.9 Å². The van der Waals surface area contributed by atoms with Crippen molar-refractivity contribution in [2.24, 2.45) is 4.99 Å². The van der Waals surface area contributed by atoms with Crippen LogP contribution in [-0.2, 0) is 36.8 Å². The van der Waals surface area contributed by atoms with Gasteiger partial charge < -0.3 is 10.6 Å². The lowest BCUT2D eigenvalue weighted by Crippen LogP contribution is -2.44. The predicted molar refractivity (Wildman–Crippen MR) is 141 cm³/mol. The first-order chi connectivity index (χ1) is 19.1. The lowest BCUT2D eigenvalue weighted by Gasteiger charge is -2.27. The number of aromatic nitrogens is 2. The molecule has 0 fully saturated rings. The normalized spacial score (nSPS) is 15.9. The maximum absolute atomic E-state index is 14.0. The summed E-state index contributed by atoms with van der Waals surface area (Å²) in [6, 6.07) is 9.25. The molecule has 2 aromatic carbocycles. The minimum atomic E-state index is -4.63. The average molecular weight is 578 g/mol. The van der Waals surface area contributed by atoms with E-state index in [1.54, 1.807) is 24.3 Å². The van der Waals surface area contributed by atoms with Crippen LogP contribution >= 0.6 is 11.6 Å². The Balaban J connectivity index is 1.48. The number of nitrogens with zero attached hydrogens (tertiary/aromatic N) is 3. The van der Waals surface area contributed by atoms with E-state index in [1.807, 2.05) is 0 Å². The van der Waals surface area contributed by atoms with Crippen molar-refractivity contribution in [2.45, 2.75) is 50.9 Å². The second-order valence-electron chi connectivity index (χ2n) is 9.75. The standard InChI is InChI=1S/C28H25ClF5N5O/c29-18-7-5-17(6-8-18)22-13-35-15-36-26(22)23(11-16-9-19(30)12-20(31)10-16)37-25(40)14-39-24-4-2-1-3-21(24)27(38-39)28(32,33)34/h5-10,12,15,23H,1-4,11,13-14H2,(H,35,36)(H,37,40)/t23-/m0/s1. The Kier molecular flexibility index (Phi) is 7.93. The number of fused-ring (bicyclic) bond motifs is 1. The van der Waals surface area contributed by atoms with Gasteiger partial charge in [-0.15, -0.1) is 0 Å². The van der Waals surface area contributed by atoms with Gasteiger partial charge in [-0.05, 0) is 67.5 Å². The van der Waals surface area contributed by atoms with Crippen molar-refractivity contribution in [3.05, 3.63) is 92.9 Å². The molecule has 210 valence electrons. The fourth-order valence-electron chi connectivity index (χ4n) is 5.23. The SMILES string of the molecule is O=C(Cn1nc(C(F)(F)F)c2c1CCCC2)N[C@@H](Cc1cc(F)cc(F)c1)C1=C(c2ccc(Cl)cc2)CN=CN1. The molecule has 5 rings (SSSR count). The number of carbonyl (C=O) groups excluding carboxylic acids is 1. The molecule has 2 aliphatic rings. The van der Waals surface area contributed by atoms with Crippen molar-refractivity contribution in [2.75, 3.05) is 6.54 Å². The molecule has 1 atom stereocenters. The van der Waals surface area contributed by atoms with E-state index < -0.39 is 42.0 Å². The van der Waals surface area contributed by atoms with Gasteiger partial charge in [0.2, 0.25) is 5.91 Å². The molecular formula is C28H25ClF5N5O. The number of amides is 1. The lowest BCUT2D eigenvalue weighted by molar-refractivity contribution is -0.142. The maximum Gasteiger partial charge on any atom is 0.435 e. The number of aliphatic imine (C=N–C) groups is 1. The molecule has 12 heteroatoms. The third kappa shape index (κ3) is 6.19. The first-order valence-corrected chi connectivity index (χ1v) is 13.1. The quantitative estimate of drug-likeness (QED) is 0.365. The molecule has 0 saturated heterocycles. The molecule has 2 N–H and O–H groups in total. The number of halogens is 6. The van der Waals surface area contributed by atoms with Crippen molar-refractivity contribution in [1.82, 2.24) is 20.4 Å². The van der Waals surface area contributed by atoms with Gasteiger partial charge in [-0.3, -0.25) is 14.5 Å². The minimum absolute atomic E-state index is 0.00129. The highest BCUT2D eigenvalue weighted by Crippen LogP contribution is 2.36. The number of hydrogen-bond donors (Lipinski definition) is 2. The van der Waals surface area contributed by atoms with Gasteiger partial charge in [0.25, 0.3) is 0 Å². The molecule has 6 nitrogen and oxygen atoms in total. The van der Waals surface area contributed by atoms with Crippen molar-refractivity contribution >= 4 is 29.4 Å². The van der Waals surface area contributed by atoms with E-state index in [-0.39, 0.29) is 30.5 Å². The Morgan fingerprint density at radius 3 is 2.48 bits per heavy atom. The van der Waals surface area contributed by atoms with Crippen molar-refractivity contribution in [1.29, 1.82) is 0 Å². The van der Waals surface area contributed by atoms with Crippen molar-refractivity contribution in [3.63, 3.8) is 0 Å². The summed E-state index contributed by atoms with van der Waals surface area (Å²) in [5.41, 5.74) is 1.89. The van der Waals surface area contributed by atoms with Crippen LogP contribution in [0.3, 0.4) is 0 Å². The van der Waals surface area contributed by atoms with Gasteiger partial charge in [0.1, 0.15) is 18.2 Å². The molecule has 0 saturated carbocycles. The van der Waals surface area contributed by atoms with Crippen molar-refractivity contribution < 1.29 is 26.7 Å². The number of benzene rings is 2. The Morgan fingerprint density at radius 1 is 1.07 bits per heavy atom. The van der Waals surface area contributed by atoms with Gasteiger partial charge >= 0.3 is 6.18 Å². The maximum atomic E-state index is 14.0. The number of carbonyl (C=O) groups is 1. The lowest BCUT2D eigenvalue weighted by atomic mass is 9.94. The van der Waals surface area contributed by atoms with Crippen LogP contribution in [0, 0.1) is 11.6 Å². The molecule has 0 unspecified atom stereocenters. The van der Waals surface area contributed by atoms with E-state index in [1.165, 1.54) is 18.5 Å². The summed E-state index contributed by atoms with van der Waals surface area (Å²) in [7, 11) is 0. The number of nitrogens with one attached hydrogen (secondary N) is 2. The van der Waals surface area contributed by atoms with Gasteiger partial charge in [-0.2, -0.15) is 18.3 Å². The Morgan fingerprint density at radius 2 is 1.77 bits per heavy atom. The molecular weight excluding hydrogens is 553 g/mol. The van der Waals surface area contributed by atoms with E-state index in [0.29, 0.717) is 35.7 Å². The third-order valence-corrected chi connectivity index (χ3v) is 7.20. The van der Waals surface area contributed by atoms with Crippen molar-refractivity contribution in [3.8, 4) is 0 Å². The second-order valence-corrected chi connectivity index (χ2v) is 10.2. The summed E-state index contributed by atoms with van der Waals surface area (Å²) in [6.45, 7) is -0.181. The van der Waals surface area contributed by atoms with E-state index in [0.717, 1.165) is 21.9 Å². The Bertz CT molecular complexity index is 1460. The van der Waals surface area contributed by atoms with Gasteiger partial charge in [-0.1, -0.05) is 23.7 Å². The predicted octanol–water partition coefficient (Wildman–Crippen LogP) is 5.48. The Hall–Kier alpha value is -3.73. The van der Waals surface area contributed by atoms with Gasteiger partial charge in [0.15, 0.2) is 5.69 Å². The first-order valence-electron chi connectivity index (χ1n) is 12.7. The van der Waals surface area contributed by atoms with E-state index >= 15 is 0 Å². The molecule has 1 amide bonds. The molecule has 2 heterocycles. The molecule has 1 aliphatic carbocycles. The zero-order valence-electron chi connectivity index (χ0n) is 21.2. The van der Waals surface area contributed by atoms with Gasteiger partial charge in [0, 0.05) is 33.6 Å². The zero-order valence-corrected chi connectivity index (χ0v) is 21.9. The van der Waals surface area contributed by atoms with Crippen LogP contribution in [0.1, 0.15) is 40.9 Å². The highest BCUT2D eigenvalue weighted by molar-refractivity contribution is 6.30. The fraction of sp³-hybridized carbons (Fsp3) is 0.321. The fourth-order valence-corrected chi connectivity index (χ4v) is 5.35. The summed E-state index contributed by atoms with van der Waals surface area (Å²) in [5.74, 6) is -2.14. The summed E-state index contributed by atoms with van der Waals surface area (Å²) in [5, 5.41) is 10.2. The number of hydrogen-bond acceptors (Lipinski definition) is 4. The highest BCUT2D eigenvalue weighted by atomic mass is 35.5. The smallest absolute Gasteiger partial charge is 0.348 e. The molecule has 0 radical (unpaired) electrons. The van der Waals surface area contributed by atoms with Crippen LogP contribution < -0.4 is 10.6 Å². The first kappa shape index (κ1) is 27.8. The summed E-state index contributed by atoms with van der Waals surface area (Å²) in [4.78, 5) is 17.6. The Labute approximate surface area is 231 Å². The van der Waals surface area contributed by atoms with Crippen LogP contribution in [0.4, 0.5) is 22.0 Å². The molecule has 3 aromatic rings. The van der Waals surface area contributed by atoms with E-state index in [4.69, 9.17) is 11.6 Å². The van der Waals surface area contributed by atoms with E-state index in [9.17, 15) is 26.7 Å². The summed E-state index contributed by atoms with van der Waals surface area (Å²) < 4.78 is 70.1. The number of rotatable bonds is 7. The largest absolute Gasteiger partial charge is 0.435 e. The van der Waals surface area contributed by atoms with Crippen LogP contribution in [0.2, 0.25) is 5.02 Å². The summed E-state index contributed by atoms with van der Waals surface area (Å²) >= 11 is 6.04. The highest BCUT2D eigenvalue weighted by Gasteiger charge is 2.39. The molecule has 1 aromatic heterocycles. The summed E-state index contributed by atoms with van der Waals surface area (Å²) in [6.07, 6.45) is -1.21. The molecule has 1 aliphatic heterocycles. The number of alkyl halides is 3.